The van der Waals surface area contributed by atoms with E-state index >= 15 is 0 Å². The summed E-state index contributed by atoms with van der Waals surface area (Å²) in [4.78, 5) is 33.3. The lowest BCUT2D eigenvalue weighted by molar-refractivity contribution is -0.143. The van der Waals surface area contributed by atoms with Crippen molar-refractivity contribution in [1.82, 2.24) is 20.6 Å². The molecule has 0 radical (unpaired) electrons. The van der Waals surface area contributed by atoms with Crippen molar-refractivity contribution in [2.45, 2.75) is 24.9 Å². The number of carbonyl (C=O) groups is 2. The Morgan fingerprint density at radius 1 is 0.604 bits per heavy atom. The number of nitrogens with one attached hydrogen (secondary N) is 4. The topological polar surface area (TPSA) is 108 Å². The minimum Gasteiger partial charge on any atom is -0.467 e. The highest BCUT2D eigenvalue weighted by atomic mass is 32.1. The molecule has 2 aromatic heterocycles. The molecule has 10 heteroatoms. The number of para-hydroxylation sites is 2. The van der Waals surface area contributed by atoms with E-state index in [1.807, 2.05) is 109 Å². The summed E-state index contributed by atoms with van der Waals surface area (Å²) < 4.78 is 10.3. The molecule has 0 amide bonds. The SMILES string of the molecule is COC(=O)[C@H](Cc1c[nH]c2ccccc12)NC(=S)c1ccccc1-c1ccccc1C(=S)N[C@@H](Cc1c[nH]c2ccccc12)C(=O)OC. The Morgan fingerprint density at radius 3 is 1.40 bits per heavy atom. The van der Waals surface area contributed by atoms with E-state index in [9.17, 15) is 9.59 Å². The molecule has 0 saturated heterocycles. The van der Waals surface area contributed by atoms with Crippen molar-refractivity contribution < 1.29 is 19.1 Å². The van der Waals surface area contributed by atoms with Crippen LogP contribution in [0, 0.1) is 0 Å². The van der Waals surface area contributed by atoms with Gasteiger partial charge in [-0.15, -0.1) is 0 Å². The van der Waals surface area contributed by atoms with Crippen molar-refractivity contribution in [3.63, 3.8) is 0 Å². The number of aromatic nitrogens is 2. The third-order valence-corrected chi connectivity index (χ3v) is 9.09. The number of thiocarbonyl (C=S) groups is 2. The highest BCUT2D eigenvalue weighted by Gasteiger charge is 2.26. The van der Waals surface area contributed by atoms with Crippen LogP contribution in [0.3, 0.4) is 0 Å². The summed E-state index contributed by atoms with van der Waals surface area (Å²) in [6, 6.07) is 29.8. The zero-order chi connectivity index (χ0) is 33.6. The third-order valence-electron chi connectivity index (χ3n) is 8.41. The Balaban J connectivity index is 1.27. The number of hydrogen-bond donors (Lipinski definition) is 4. The third kappa shape index (κ3) is 6.85. The maximum Gasteiger partial charge on any atom is 0.328 e. The van der Waals surface area contributed by atoms with Crippen molar-refractivity contribution in [3.8, 4) is 11.1 Å². The van der Waals surface area contributed by atoms with Crippen LogP contribution in [0.25, 0.3) is 32.9 Å². The largest absolute Gasteiger partial charge is 0.467 e. The summed E-state index contributed by atoms with van der Waals surface area (Å²) in [6.07, 6.45) is 4.55. The van der Waals surface area contributed by atoms with Crippen LogP contribution in [0.4, 0.5) is 0 Å². The van der Waals surface area contributed by atoms with E-state index in [1.54, 1.807) is 0 Å². The average molecular weight is 675 g/mol. The molecule has 0 spiro atoms. The fraction of sp³-hybridized carbons (Fsp3) is 0.158. The molecule has 4 N–H and O–H groups in total. The van der Waals surface area contributed by atoms with Crippen molar-refractivity contribution in [1.29, 1.82) is 0 Å². The van der Waals surface area contributed by atoms with Gasteiger partial charge in [0, 0.05) is 58.2 Å². The van der Waals surface area contributed by atoms with Gasteiger partial charge in [-0.2, -0.15) is 0 Å². The fourth-order valence-corrected chi connectivity index (χ4v) is 6.66. The van der Waals surface area contributed by atoms with Gasteiger partial charge in [0.05, 0.1) is 14.2 Å². The Bertz CT molecular complexity index is 1980. The summed E-state index contributed by atoms with van der Waals surface area (Å²) in [5.41, 5.74) is 6.99. The molecular formula is C38H34N4O4S2. The number of carbonyl (C=O) groups excluding carboxylic acids is 2. The lowest BCUT2D eigenvalue weighted by Gasteiger charge is -2.22. The van der Waals surface area contributed by atoms with Gasteiger partial charge in [-0.25, -0.2) is 9.59 Å². The van der Waals surface area contributed by atoms with E-state index in [2.05, 4.69) is 20.6 Å². The average Bonchev–Trinajstić information content (AvgIpc) is 3.74. The van der Waals surface area contributed by atoms with Gasteiger partial charge in [-0.05, 0) is 34.4 Å². The molecule has 0 fully saturated rings. The molecule has 2 heterocycles. The van der Waals surface area contributed by atoms with Gasteiger partial charge in [0.1, 0.15) is 22.1 Å². The predicted octanol–water partition coefficient (Wildman–Crippen LogP) is 6.42. The van der Waals surface area contributed by atoms with Crippen molar-refractivity contribution in [2.75, 3.05) is 14.2 Å². The van der Waals surface area contributed by atoms with Gasteiger partial charge < -0.3 is 30.1 Å². The zero-order valence-corrected chi connectivity index (χ0v) is 28.0. The molecule has 6 aromatic rings. The minimum absolute atomic E-state index is 0.370. The van der Waals surface area contributed by atoms with Crippen molar-refractivity contribution >= 4 is 68.2 Å². The Labute approximate surface area is 288 Å². The first-order valence-corrected chi connectivity index (χ1v) is 16.3. The molecule has 0 unspecified atom stereocenters. The number of aromatic amines is 2. The van der Waals surface area contributed by atoms with Crippen molar-refractivity contribution in [3.05, 3.63) is 132 Å². The number of ether oxygens (including phenoxy) is 2. The first-order valence-electron chi connectivity index (χ1n) is 15.4. The number of benzene rings is 4. The Hall–Kier alpha value is -5.32. The van der Waals surface area contributed by atoms with E-state index in [0.717, 1.165) is 55.2 Å². The van der Waals surface area contributed by atoms with Crippen LogP contribution in [-0.2, 0) is 31.9 Å². The van der Waals surface area contributed by atoms with E-state index < -0.39 is 24.0 Å². The molecule has 4 aromatic carbocycles. The molecular weight excluding hydrogens is 641 g/mol. The van der Waals surface area contributed by atoms with Gasteiger partial charge in [0.2, 0.25) is 0 Å². The van der Waals surface area contributed by atoms with Crippen molar-refractivity contribution in [2.24, 2.45) is 0 Å². The zero-order valence-electron chi connectivity index (χ0n) is 26.4. The molecule has 242 valence electrons. The minimum atomic E-state index is -0.724. The standard InChI is InChI=1S/C38H34N4O4S2/c1-45-37(43)33(19-23-21-39-31-17-9-7-11-25(23)31)41-35(47)29-15-5-3-13-27(29)28-14-4-6-16-30(28)36(48)42-34(38(44)46-2)20-24-22-40-32-18-10-8-12-26(24)32/h3-18,21-22,33-34,39-40H,19-20H2,1-2H3,(H,41,47)(H,42,48)/t33-,34-/m0/s1. The molecule has 0 aliphatic rings. The van der Waals surface area contributed by atoms with Crippen LogP contribution < -0.4 is 10.6 Å². The molecule has 0 aliphatic carbocycles. The van der Waals surface area contributed by atoms with Crippen LogP contribution in [0.5, 0.6) is 0 Å². The predicted molar refractivity (Wildman–Crippen MR) is 197 cm³/mol. The summed E-state index contributed by atoms with van der Waals surface area (Å²) >= 11 is 11.9. The highest BCUT2D eigenvalue weighted by Crippen LogP contribution is 2.29. The van der Waals surface area contributed by atoms with E-state index in [4.69, 9.17) is 33.9 Å². The fourth-order valence-electron chi connectivity index (χ4n) is 6.02. The molecule has 6 rings (SSSR count). The number of esters is 2. The molecule has 2 atom stereocenters. The lowest BCUT2D eigenvalue weighted by atomic mass is 9.94. The Morgan fingerprint density at radius 2 is 0.979 bits per heavy atom. The van der Waals surface area contributed by atoms with Gasteiger partial charge in [0.25, 0.3) is 0 Å². The molecule has 8 nitrogen and oxygen atoms in total. The maximum absolute atomic E-state index is 13.0. The number of rotatable bonds is 11. The van der Waals surface area contributed by atoms with Gasteiger partial charge in [-0.3, -0.25) is 0 Å². The van der Waals surface area contributed by atoms with Crippen LogP contribution in [0.2, 0.25) is 0 Å². The van der Waals surface area contributed by atoms with Crippen LogP contribution in [0.1, 0.15) is 22.3 Å². The van der Waals surface area contributed by atoms with Crippen LogP contribution in [0.15, 0.2) is 109 Å². The number of fused-ring (bicyclic) bond motifs is 2. The number of hydrogen-bond acceptors (Lipinski definition) is 6. The quantitative estimate of drug-likeness (QED) is 0.0923. The number of methoxy groups -OCH3 is 2. The second-order valence-electron chi connectivity index (χ2n) is 11.3. The summed E-state index contributed by atoms with van der Waals surface area (Å²) in [5.74, 6) is -0.843. The maximum atomic E-state index is 13.0. The molecule has 0 saturated carbocycles. The first-order chi connectivity index (χ1) is 23.4. The molecule has 0 bridgehead atoms. The van der Waals surface area contributed by atoms with Gasteiger partial charge >= 0.3 is 11.9 Å². The Kier molecular flexibility index (Phi) is 9.94. The van der Waals surface area contributed by atoms with Crippen LogP contribution >= 0.6 is 24.4 Å². The highest BCUT2D eigenvalue weighted by molar-refractivity contribution is 7.81. The normalized spacial score (nSPS) is 12.3. The van der Waals surface area contributed by atoms with E-state index in [1.165, 1.54) is 14.2 Å². The second-order valence-corrected chi connectivity index (χ2v) is 12.1. The molecule has 48 heavy (non-hydrogen) atoms. The van der Waals surface area contributed by atoms with E-state index in [0.29, 0.717) is 22.8 Å². The second kappa shape index (κ2) is 14.6. The van der Waals surface area contributed by atoms with Crippen LogP contribution in [-0.4, -0.2) is 58.2 Å². The summed E-state index contributed by atoms with van der Waals surface area (Å²) in [5, 5.41) is 8.60. The number of H-pyrrole nitrogens is 2. The molecule has 0 aliphatic heterocycles. The summed E-state index contributed by atoms with van der Waals surface area (Å²) in [7, 11) is 2.74. The first kappa shape index (κ1) is 32.6. The smallest absolute Gasteiger partial charge is 0.328 e. The van der Waals surface area contributed by atoms with Gasteiger partial charge in [0.15, 0.2) is 0 Å². The van der Waals surface area contributed by atoms with Gasteiger partial charge in [-0.1, -0.05) is 109 Å². The monoisotopic (exact) mass is 674 g/mol. The van der Waals surface area contributed by atoms with E-state index in [-0.39, 0.29) is 0 Å². The summed E-state index contributed by atoms with van der Waals surface area (Å²) in [6.45, 7) is 0. The lowest BCUT2D eigenvalue weighted by Crippen LogP contribution is -2.43.